The molecule has 74 valence electrons. The molecule has 0 aliphatic carbocycles. The molecule has 0 saturated heterocycles. The highest BCUT2D eigenvalue weighted by atomic mass is 16.2. The van der Waals surface area contributed by atoms with Gasteiger partial charge in [-0.05, 0) is 19.8 Å². The van der Waals surface area contributed by atoms with Crippen LogP contribution in [0.25, 0.3) is 0 Å². The van der Waals surface area contributed by atoms with E-state index < -0.39 is 0 Å². The standard InChI is InChI=1S/C8H16N4O/c1-6(3-2-4-13)12-8(10)7(9)5-11-12/h5-6,13H,2-4,9-10H2,1H3. The Morgan fingerprint density at radius 1 is 1.62 bits per heavy atom. The van der Waals surface area contributed by atoms with Crippen LogP contribution in [0.15, 0.2) is 6.20 Å². The minimum atomic E-state index is 0.185. The number of aliphatic hydroxyl groups is 1. The zero-order chi connectivity index (χ0) is 9.84. The Bertz CT molecular complexity index is 271. The fraction of sp³-hybridized carbons (Fsp3) is 0.625. The molecular formula is C8H16N4O. The quantitative estimate of drug-likeness (QED) is 0.631. The lowest BCUT2D eigenvalue weighted by molar-refractivity contribution is 0.271. The molecule has 0 bridgehead atoms. The van der Waals surface area contributed by atoms with E-state index in [4.69, 9.17) is 16.6 Å². The van der Waals surface area contributed by atoms with Crippen LogP contribution in [0.2, 0.25) is 0 Å². The summed E-state index contributed by atoms with van der Waals surface area (Å²) in [5, 5.41) is 12.7. The van der Waals surface area contributed by atoms with Gasteiger partial charge in [0.2, 0.25) is 0 Å². The second-order valence-electron chi connectivity index (χ2n) is 3.14. The van der Waals surface area contributed by atoms with E-state index in [0.29, 0.717) is 11.5 Å². The molecule has 1 aromatic heterocycles. The second kappa shape index (κ2) is 4.13. The average molecular weight is 184 g/mol. The van der Waals surface area contributed by atoms with Crippen LogP contribution in [-0.4, -0.2) is 21.5 Å². The van der Waals surface area contributed by atoms with Crippen LogP contribution >= 0.6 is 0 Å². The first kappa shape index (κ1) is 9.85. The molecule has 1 unspecified atom stereocenters. The van der Waals surface area contributed by atoms with E-state index in [0.717, 1.165) is 12.8 Å². The summed E-state index contributed by atoms with van der Waals surface area (Å²) in [7, 11) is 0. The number of aromatic nitrogens is 2. The molecule has 0 spiro atoms. The molecule has 0 amide bonds. The Labute approximate surface area is 77.3 Å². The van der Waals surface area contributed by atoms with Crippen LogP contribution < -0.4 is 11.5 Å². The number of nitrogens with zero attached hydrogens (tertiary/aromatic N) is 2. The van der Waals surface area contributed by atoms with Gasteiger partial charge in [0.1, 0.15) is 5.82 Å². The second-order valence-corrected chi connectivity index (χ2v) is 3.14. The number of nitrogen functional groups attached to an aromatic ring is 2. The number of nitrogens with two attached hydrogens (primary N) is 2. The molecule has 0 fully saturated rings. The number of anilines is 2. The van der Waals surface area contributed by atoms with Gasteiger partial charge in [0.15, 0.2) is 0 Å². The summed E-state index contributed by atoms with van der Waals surface area (Å²) in [5.41, 5.74) is 11.7. The number of aliphatic hydroxyl groups excluding tert-OH is 1. The van der Waals surface area contributed by atoms with Gasteiger partial charge >= 0.3 is 0 Å². The zero-order valence-corrected chi connectivity index (χ0v) is 7.77. The summed E-state index contributed by atoms with van der Waals surface area (Å²) in [6, 6.07) is 0.185. The molecule has 1 atom stereocenters. The minimum absolute atomic E-state index is 0.185. The Hall–Kier alpha value is -1.23. The molecule has 0 radical (unpaired) electrons. The summed E-state index contributed by atoms with van der Waals surface area (Å²) in [6.45, 7) is 2.19. The van der Waals surface area contributed by atoms with Crippen LogP contribution in [0.5, 0.6) is 0 Å². The van der Waals surface area contributed by atoms with Crippen LogP contribution in [0.4, 0.5) is 11.5 Å². The summed E-state index contributed by atoms with van der Waals surface area (Å²) >= 11 is 0. The fourth-order valence-corrected chi connectivity index (χ4v) is 1.25. The van der Waals surface area contributed by atoms with Gasteiger partial charge < -0.3 is 16.6 Å². The van der Waals surface area contributed by atoms with Crippen LogP contribution in [0.3, 0.4) is 0 Å². The Morgan fingerprint density at radius 3 is 2.77 bits per heavy atom. The number of hydrogen-bond donors (Lipinski definition) is 3. The van der Waals surface area contributed by atoms with E-state index in [1.165, 1.54) is 0 Å². The van der Waals surface area contributed by atoms with E-state index in [1.54, 1.807) is 10.9 Å². The van der Waals surface area contributed by atoms with Crippen LogP contribution in [0.1, 0.15) is 25.8 Å². The van der Waals surface area contributed by atoms with Crippen molar-refractivity contribution in [3.8, 4) is 0 Å². The van der Waals surface area contributed by atoms with E-state index in [1.807, 2.05) is 6.92 Å². The third kappa shape index (κ3) is 2.12. The first-order chi connectivity index (χ1) is 6.16. The molecule has 1 rings (SSSR count). The van der Waals surface area contributed by atoms with Crippen molar-refractivity contribution in [2.75, 3.05) is 18.1 Å². The highest BCUT2D eigenvalue weighted by Gasteiger charge is 2.10. The van der Waals surface area contributed by atoms with Crippen molar-refractivity contribution in [1.82, 2.24) is 9.78 Å². The van der Waals surface area contributed by atoms with Crippen molar-refractivity contribution in [1.29, 1.82) is 0 Å². The summed E-state index contributed by atoms with van der Waals surface area (Å²) in [5.74, 6) is 0.505. The fourth-order valence-electron chi connectivity index (χ4n) is 1.25. The van der Waals surface area contributed by atoms with E-state index in [9.17, 15) is 0 Å². The number of hydrogen-bond acceptors (Lipinski definition) is 4. The van der Waals surface area contributed by atoms with Gasteiger partial charge in [-0.2, -0.15) is 5.10 Å². The van der Waals surface area contributed by atoms with Gasteiger partial charge in [-0.15, -0.1) is 0 Å². The van der Waals surface area contributed by atoms with E-state index in [2.05, 4.69) is 5.10 Å². The maximum atomic E-state index is 8.65. The monoisotopic (exact) mass is 184 g/mol. The number of rotatable bonds is 4. The first-order valence-corrected chi connectivity index (χ1v) is 4.36. The highest BCUT2D eigenvalue weighted by molar-refractivity contribution is 5.57. The Morgan fingerprint density at radius 2 is 2.31 bits per heavy atom. The predicted molar refractivity (Wildman–Crippen MR) is 52.1 cm³/mol. The first-order valence-electron chi connectivity index (χ1n) is 4.36. The molecule has 0 aromatic carbocycles. The lowest BCUT2D eigenvalue weighted by Crippen LogP contribution is -2.11. The smallest absolute Gasteiger partial charge is 0.145 e. The largest absolute Gasteiger partial charge is 0.396 e. The summed E-state index contributed by atoms with van der Waals surface area (Å²) in [4.78, 5) is 0. The molecule has 0 saturated carbocycles. The maximum absolute atomic E-state index is 8.65. The summed E-state index contributed by atoms with van der Waals surface area (Å²) < 4.78 is 1.69. The maximum Gasteiger partial charge on any atom is 0.145 e. The highest BCUT2D eigenvalue weighted by Crippen LogP contribution is 2.20. The van der Waals surface area contributed by atoms with Gasteiger partial charge in [0, 0.05) is 6.61 Å². The Balaban J connectivity index is 2.65. The molecule has 13 heavy (non-hydrogen) atoms. The lowest BCUT2D eigenvalue weighted by atomic mass is 10.2. The van der Waals surface area contributed by atoms with E-state index >= 15 is 0 Å². The normalized spacial score (nSPS) is 13.1. The van der Waals surface area contributed by atoms with Crippen LogP contribution in [0, 0.1) is 0 Å². The van der Waals surface area contributed by atoms with Crippen LogP contribution in [-0.2, 0) is 0 Å². The van der Waals surface area contributed by atoms with Crippen molar-refractivity contribution >= 4 is 11.5 Å². The van der Waals surface area contributed by atoms with Gasteiger partial charge in [0.25, 0.3) is 0 Å². The SMILES string of the molecule is CC(CCCO)n1ncc(N)c1N. The van der Waals surface area contributed by atoms with Crippen molar-refractivity contribution in [3.63, 3.8) is 0 Å². The zero-order valence-electron chi connectivity index (χ0n) is 7.77. The molecule has 0 aliphatic rings. The van der Waals surface area contributed by atoms with E-state index in [-0.39, 0.29) is 12.6 Å². The van der Waals surface area contributed by atoms with Gasteiger partial charge in [-0.1, -0.05) is 0 Å². The molecule has 0 aliphatic heterocycles. The van der Waals surface area contributed by atoms with Crippen molar-refractivity contribution < 1.29 is 5.11 Å². The van der Waals surface area contributed by atoms with Crippen molar-refractivity contribution in [2.24, 2.45) is 0 Å². The van der Waals surface area contributed by atoms with Gasteiger partial charge in [-0.3, -0.25) is 0 Å². The summed E-state index contributed by atoms with van der Waals surface area (Å²) in [6.07, 6.45) is 3.15. The third-order valence-electron chi connectivity index (χ3n) is 2.06. The van der Waals surface area contributed by atoms with Crippen molar-refractivity contribution in [2.45, 2.75) is 25.8 Å². The van der Waals surface area contributed by atoms with Crippen molar-refractivity contribution in [3.05, 3.63) is 6.20 Å². The molecule has 5 heteroatoms. The molecular weight excluding hydrogens is 168 g/mol. The topological polar surface area (TPSA) is 90.1 Å². The predicted octanol–water partition coefficient (Wildman–Crippen LogP) is 0.381. The molecule has 5 nitrogen and oxygen atoms in total. The minimum Gasteiger partial charge on any atom is -0.396 e. The van der Waals surface area contributed by atoms with Gasteiger partial charge in [0.05, 0.1) is 17.9 Å². The Kier molecular flexibility index (Phi) is 3.13. The molecule has 1 heterocycles. The van der Waals surface area contributed by atoms with Gasteiger partial charge in [-0.25, -0.2) is 4.68 Å². The lowest BCUT2D eigenvalue weighted by Gasteiger charge is -2.12. The third-order valence-corrected chi connectivity index (χ3v) is 2.06. The molecule has 5 N–H and O–H groups in total. The molecule has 1 aromatic rings. The average Bonchev–Trinajstić information content (AvgIpc) is 2.44.